The maximum Gasteiger partial charge on any atom is 0.530 e. The zero-order chi connectivity index (χ0) is 77.6. The van der Waals surface area contributed by atoms with E-state index in [2.05, 4.69) is 42.4 Å². The van der Waals surface area contributed by atoms with Crippen LogP contribution in [-0.2, 0) is 52.0 Å². The second-order valence-electron chi connectivity index (χ2n) is 27.4. The van der Waals surface area contributed by atoms with Crippen molar-refractivity contribution >= 4 is 62.6 Å². The molecule has 4 N–H and O–H groups in total. The normalized spacial score (nSPS) is 21.3. The second-order valence-corrected chi connectivity index (χ2v) is 31.2. The molecule has 109 heavy (non-hydrogen) atoms. The van der Waals surface area contributed by atoms with Gasteiger partial charge in [-0.05, 0) is 113 Å². The first kappa shape index (κ1) is 79.6. The number of amides is 1. The average Bonchev–Trinajstić information content (AvgIpc) is 1.74. The summed E-state index contributed by atoms with van der Waals surface area (Å²) in [4.78, 5) is 97.9. The Bertz CT molecular complexity index is 5060. The molecule has 12 rings (SSSR count). The molecule has 1 amide bonds. The summed E-state index contributed by atoms with van der Waals surface area (Å²) < 4.78 is 96.9. The maximum atomic E-state index is 16.8. The molecule has 575 valence electrons. The number of aromatic amines is 3. The lowest BCUT2D eigenvalue weighted by atomic mass is 9.76. The van der Waals surface area contributed by atoms with Crippen molar-refractivity contribution in [3.05, 3.63) is 242 Å². The van der Waals surface area contributed by atoms with Crippen LogP contribution in [0.1, 0.15) is 125 Å². The Morgan fingerprint density at radius 3 is 1.93 bits per heavy atom. The fourth-order valence-electron chi connectivity index (χ4n) is 14.0. The number of hydrogen-bond donors (Lipinski definition) is 4. The Hall–Kier alpha value is -8.95. The second kappa shape index (κ2) is 34.5. The highest BCUT2D eigenvalue weighted by Gasteiger charge is 2.55. The number of phosphoric acid groups is 1. The molecule has 0 spiro atoms. The quantitative estimate of drug-likeness (QED) is 0.0178. The Kier molecular flexibility index (Phi) is 25.2. The summed E-state index contributed by atoms with van der Waals surface area (Å²) >= 11 is 13.9. The van der Waals surface area contributed by atoms with Gasteiger partial charge >= 0.3 is 19.2 Å². The number of benzene rings is 5. The molecule has 3 saturated heterocycles. The molecule has 33 heteroatoms. The minimum atomic E-state index is -5.27. The van der Waals surface area contributed by atoms with Crippen molar-refractivity contribution in [3.8, 4) is 23.3 Å². The van der Waals surface area contributed by atoms with Gasteiger partial charge < -0.3 is 42.0 Å². The van der Waals surface area contributed by atoms with Gasteiger partial charge in [-0.3, -0.25) is 62.2 Å². The molecule has 12 atom stereocenters. The van der Waals surface area contributed by atoms with Crippen LogP contribution in [-0.4, -0.2) is 126 Å². The molecule has 0 aliphatic carbocycles. The number of ether oxygens (including phenoxy) is 6. The number of rotatable bonds is 31. The predicted molar refractivity (Wildman–Crippen MR) is 405 cm³/mol. The number of fused-ring (bicyclic) bond motifs is 1. The maximum absolute atomic E-state index is 16.8. The third-order valence-electron chi connectivity index (χ3n) is 19.2. The van der Waals surface area contributed by atoms with E-state index in [1.165, 1.54) is 51.5 Å². The van der Waals surface area contributed by atoms with Crippen LogP contribution < -0.4 is 47.4 Å². The lowest BCUT2D eigenvalue weighted by Gasteiger charge is -2.39. The molecule has 5 aromatic carbocycles. The van der Waals surface area contributed by atoms with Crippen molar-refractivity contribution in [3.63, 3.8) is 0 Å². The van der Waals surface area contributed by atoms with Crippen LogP contribution in [0.2, 0.25) is 10.0 Å². The van der Waals surface area contributed by atoms with Crippen LogP contribution in [0, 0.1) is 43.1 Å². The fourth-order valence-corrected chi connectivity index (χ4v) is 17.6. The van der Waals surface area contributed by atoms with E-state index in [9.17, 15) is 34.0 Å². The zero-order valence-electron chi connectivity index (χ0n) is 61.4. The van der Waals surface area contributed by atoms with E-state index in [1.807, 2.05) is 111 Å². The molecular weight excluding hydrogens is 1490 g/mol. The number of nitrogens with one attached hydrogen (secondary N) is 4. The average molecular weight is 1570 g/mol. The van der Waals surface area contributed by atoms with Gasteiger partial charge in [0, 0.05) is 77.3 Å². The molecule has 3 unspecified atom stereocenters. The molecule has 3 aliphatic rings. The van der Waals surface area contributed by atoms with Gasteiger partial charge in [0.25, 0.3) is 25.2 Å². The number of methoxy groups -OCH3 is 2. The zero-order valence-corrected chi connectivity index (χ0v) is 64.7. The fraction of sp³-hybridized carbons (Fsp3) is 0.408. The third-order valence-corrected chi connectivity index (χ3v) is 23.3. The van der Waals surface area contributed by atoms with E-state index in [0.29, 0.717) is 33.8 Å². The van der Waals surface area contributed by atoms with Gasteiger partial charge in [-0.25, -0.2) is 23.8 Å². The molecule has 7 heterocycles. The first-order chi connectivity index (χ1) is 52.3. The number of hydrogen-bond acceptors (Lipinski definition) is 22. The first-order valence-corrected chi connectivity index (χ1v) is 38.8. The number of nitriles is 1. The predicted octanol–water partition coefficient (Wildman–Crippen LogP) is 12.1. The number of nitrogens with zero attached hydrogens (tertiary/aromatic N) is 7. The number of phosphoric ester groups is 1. The molecule has 29 nitrogen and oxygen atoms in total. The highest BCUT2D eigenvalue weighted by molar-refractivity contribution is 7.49. The van der Waals surface area contributed by atoms with E-state index >= 15 is 4.57 Å². The summed E-state index contributed by atoms with van der Waals surface area (Å²) in [6, 6.07) is 40.5. The monoisotopic (exact) mass is 1570 g/mol. The van der Waals surface area contributed by atoms with Gasteiger partial charge in [0.2, 0.25) is 11.9 Å². The molecule has 0 saturated carbocycles. The van der Waals surface area contributed by atoms with Gasteiger partial charge in [0.05, 0.1) is 76.2 Å². The van der Waals surface area contributed by atoms with Gasteiger partial charge in [-0.15, -0.1) is 0 Å². The summed E-state index contributed by atoms with van der Waals surface area (Å²) in [5.41, 5.74) is -2.15. The molecule has 3 aliphatic heterocycles. The van der Waals surface area contributed by atoms with Crippen LogP contribution in [0.15, 0.2) is 164 Å². The standard InChI is InChI=1S/C76H84Cl2N11O18P2/c1-43(2)69(90)82-73-81-68-66(72(93)83-73)80-42-88(68)64-36-58(105-108(100-33-17-32-79)89(44(3)4)45(5)6)61(103-64)41-101-109(96,106-57-23-15-14-22-56(57)78)107-59-37-63(87-39-47(8)71(92)85-75(87)95)104-67(59)65(48-18-16-21-52(77)34-48)55-35-62(86-38-46(7)70(91)84-74(86)94)102-60(55)40-99-76(49-19-12-11-13-20-49,50-24-28-53(97-9)29-25-50)51-26-30-54(98-10)31-27-51/h11-16,18-20,22-31,34,38-39,42-45,55,58-65,67H,17,33,35-37,40-41H2,1-10H3,(H,84,91,94)(H,85,92,95)(H2,81,82,83,90,93)/t55-,58+,59+,60+,61-,62-,63-,64-,65?,67+,108?,109?/m1/s1. The smallest absolute Gasteiger partial charge is 0.497 e. The number of carbonyl (C=O) groups excluding carboxylic acids is 1. The van der Waals surface area contributed by atoms with E-state index in [0.717, 1.165) is 0 Å². The van der Waals surface area contributed by atoms with Crippen LogP contribution in [0.3, 0.4) is 0 Å². The molecule has 3 fully saturated rings. The minimum Gasteiger partial charge on any atom is -0.497 e. The summed E-state index contributed by atoms with van der Waals surface area (Å²) in [7, 11) is -4.16. The third kappa shape index (κ3) is 17.6. The topological polar surface area (TPSA) is 348 Å². The van der Waals surface area contributed by atoms with E-state index in [1.54, 1.807) is 65.3 Å². The number of imidazole rings is 1. The number of aryl methyl sites for hydroxylation is 2. The molecule has 0 bridgehead atoms. The number of halogens is 2. The summed E-state index contributed by atoms with van der Waals surface area (Å²) in [6.07, 6.45) is -5.90. The molecule has 1 radical (unpaired) electrons. The van der Waals surface area contributed by atoms with Crippen LogP contribution in [0.5, 0.6) is 17.2 Å². The lowest BCUT2D eigenvalue weighted by Crippen LogP contribution is -2.41. The highest BCUT2D eigenvalue weighted by Crippen LogP contribution is 2.59. The Balaban J connectivity index is 0.995. The largest absolute Gasteiger partial charge is 0.530 e. The molecule has 4 aromatic heterocycles. The molecular formula is C76H84Cl2N11O18P2. The lowest BCUT2D eigenvalue weighted by molar-refractivity contribution is -0.118. The Morgan fingerprint density at radius 1 is 0.743 bits per heavy atom. The number of aromatic nitrogens is 8. The van der Waals surface area contributed by atoms with Crippen molar-refractivity contribution < 1.29 is 60.4 Å². The molecule has 9 aromatic rings. The van der Waals surface area contributed by atoms with Crippen molar-refractivity contribution in [2.45, 2.75) is 154 Å². The summed E-state index contributed by atoms with van der Waals surface area (Å²) in [6.45, 7) is 13.4. The summed E-state index contributed by atoms with van der Waals surface area (Å²) in [5.74, 6) is -1.97. The van der Waals surface area contributed by atoms with Crippen molar-refractivity contribution in [2.24, 2.45) is 11.8 Å². The van der Waals surface area contributed by atoms with Gasteiger partial charge in [-0.2, -0.15) is 10.2 Å². The highest BCUT2D eigenvalue weighted by atomic mass is 35.5. The van der Waals surface area contributed by atoms with Crippen molar-refractivity contribution in [1.82, 2.24) is 43.3 Å². The first-order valence-electron chi connectivity index (χ1n) is 35.4. The van der Waals surface area contributed by atoms with Gasteiger partial charge in [0.15, 0.2) is 11.2 Å². The van der Waals surface area contributed by atoms with Crippen molar-refractivity contribution in [1.29, 1.82) is 5.26 Å². The Morgan fingerprint density at radius 2 is 1.33 bits per heavy atom. The van der Waals surface area contributed by atoms with Crippen molar-refractivity contribution in [2.75, 3.05) is 39.4 Å². The number of para-hydroxylation sites is 1. The van der Waals surface area contributed by atoms with Crippen LogP contribution in [0.4, 0.5) is 5.95 Å². The minimum absolute atomic E-state index is 0.00429. The van der Waals surface area contributed by atoms with Crippen LogP contribution in [0.25, 0.3) is 11.2 Å². The Labute approximate surface area is 638 Å². The van der Waals surface area contributed by atoms with E-state index in [-0.39, 0.29) is 95.0 Å². The van der Waals surface area contributed by atoms with E-state index < -0.39 is 129 Å². The summed E-state index contributed by atoms with van der Waals surface area (Å²) in [5, 5.41) is 12.5. The number of carbonyl (C=O) groups is 1. The number of H-pyrrole nitrogens is 3. The van der Waals surface area contributed by atoms with Gasteiger partial charge in [-0.1, -0.05) is 116 Å². The SMILES string of the molecule is COc1ccc(C(OC[C@@H]2O[C@@H](n3cc(C)c(=O)[nH]c3=O)C[C@H]2C(c2cc[c]c(Cl)c2)[C@H]2O[C@@H](n3cc(C)c(=O)[nH]c3=O)C[C@@H]2OP(=O)(OC[C@H]2O[C@@H](n3cnc4c(=O)[nH]c(NC(=O)C(C)C)nc43)C[C@@H]2OP(OCCC#N)N(C(C)C)C(C)C)Oc2ccccc2Cl)(c2ccccc2)c2ccc(OC)cc2)cc1. The van der Waals surface area contributed by atoms with Gasteiger partial charge in [0.1, 0.15) is 53.7 Å². The number of anilines is 1. The van der Waals surface area contributed by atoms with Crippen LogP contribution >= 0.6 is 39.6 Å². The van der Waals surface area contributed by atoms with E-state index in [4.69, 9.17) is 74.2 Å².